The number of anilines is 2. The molecule has 1 aromatic rings. The Labute approximate surface area is 112 Å². The first-order chi connectivity index (χ1) is 8.96. The number of hydrogen-bond acceptors (Lipinski definition) is 5. The summed E-state index contributed by atoms with van der Waals surface area (Å²) in [6.45, 7) is 1.79. The zero-order valence-electron chi connectivity index (χ0n) is 10.7. The van der Waals surface area contributed by atoms with E-state index in [1.54, 1.807) is 12.1 Å². The van der Waals surface area contributed by atoms with Crippen LogP contribution >= 0.6 is 0 Å². The van der Waals surface area contributed by atoms with Crippen LogP contribution in [0.15, 0.2) is 18.2 Å². The van der Waals surface area contributed by atoms with Crippen LogP contribution in [0, 0.1) is 0 Å². The SMILES string of the molecule is CS(=O)(=O)CCNC(=O)c1ccc2c(c1)NCCN2. The van der Waals surface area contributed by atoms with E-state index in [4.69, 9.17) is 0 Å². The van der Waals surface area contributed by atoms with Crippen LogP contribution in [-0.4, -0.2) is 46.0 Å². The molecule has 0 aromatic heterocycles. The highest BCUT2D eigenvalue weighted by atomic mass is 32.2. The van der Waals surface area contributed by atoms with Crippen molar-refractivity contribution in [1.29, 1.82) is 0 Å². The Balaban J connectivity index is 1.99. The second-order valence-corrected chi connectivity index (χ2v) is 6.76. The number of fused-ring (bicyclic) bond motifs is 1. The molecule has 0 spiro atoms. The van der Waals surface area contributed by atoms with Crippen LogP contribution in [0.1, 0.15) is 10.4 Å². The number of hydrogen-bond donors (Lipinski definition) is 3. The third-order valence-corrected chi connectivity index (χ3v) is 3.74. The predicted molar refractivity (Wildman–Crippen MR) is 75.5 cm³/mol. The fourth-order valence-corrected chi connectivity index (χ4v) is 2.31. The maximum atomic E-state index is 11.9. The molecule has 3 N–H and O–H groups in total. The topological polar surface area (TPSA) is 87.3 Å². The van der Waals surface area contributed by atoms with Crippen LogP contribution in [0.5, 0.6) is 0 Å². The summed E-state index contributed by atoms with van der Waals surface area (Å²) in [5.41, 5.74) is 2.38. The third-order valence-electron chi connectivity index (χ3n) is 2.80. The second kappa shape index (κ2) is 5.48. The molecule has 0 aliphatic carbocycles. The van der Waals surface area contributed by atoms with E-state index in [-0.39, 0.29) is 18.2 Å². The average molecular weight is 283 g/mol. The lowest BCUT2D eigenvalue weighted by Gasteiger charge is -2.20. The van der Waals surface area contributed by atoms with Crippen LogP contribution < -0.4 is 16.0 Å². The monoisotopic (exact) mass is 283 g/mol. The molecule has 1 aromatic carbocycles. The molecular weight excluding hydrogens is 266 g/mol. The van der Waals surface area contributed by atoms with Gasteiger partial charge in [-0.05, 0) is 18.2 Å². The van der Waals surface area contributed by atoms with Gasteiger partial charge in [-0.25, -0.2) is 8.42 Å². The number of sulfone groups is 1. The fraction of sp³-hybridized carbons (Fsp3) is 0.417. The van der Waals surface area contributed by atoms with E-state index in [0.29, 0.717) is 5.56 Å². The molecule has 0 atom stereocenters. The molecule has 0 unspecified atom stereocenters. The number of carbonyl (C=O) groups excluding carboxylic acids is 1. The summed E-state index contributed by atoms with van der Waals surface area (Å²) in [7, 11) is -3.05. The van der Waals surface area contributed by atoms with E-state index in [0.717, 1.165) is 30.7 Å². The first-order valence-corrected chi connectivity index (χ1v) is 8.09. The Morgan fingerprint density at radius 2 is 1.95 bits per heavy atom. The quantitative estimate of drug-likeness (QED) is 0.740. The molecule has 1 amide bonds. The standard InChI is InChI=1S/C12H17N3O3S/c1-19(17,18)7-6-15-12(16)9-2-3-10-11(8-9)14-5-4-13-10/h2-3,8,13-14H,4-7H2,1H3,(H,15,16). The summed E-state index contributed by atoms with van der Waals surface area (Å²) >= 11 is 0. The van der Waals surface area contributed by atoms with Crippen molar-refractivity contribution in [3.8, 4) is 0 Å². The molecule has 0 saturated carbocycles. The highest BCUT2D eigenvalue weighted by Crippen LogP contribution is 2.25. The molecule has 0 fully saturated rings. The van der Waals surface area contributed by atoms with Crippen LogP contribution in [0.4, 0.5) is 11.4 Å². The van der Waals surface area contributed by atoms with E-state index in [2.05, 4.69) is 16.0 Å². The molecule has 7 heteroatoms. The second-order valence-electron chi connectivity index (χ2n) is 4.50. The van der Waals surface area contributed by atoms with Gasteiger partial charge in [0.25, 0.3) is 5.91 Å². The molecule has 0 bridgehead atoms. The van der Waals surface area contributed by atoms with Crippen molar-refractivity contribution in [3.05, 3.63) is 23.8 Å². The molecule has 0 radical (unpaired) electrons. The minimum Gasteiger partial charge on any atom is -0.382 e. The van der Waals surface area contributed by atoms with Gasteiger partial charge in [-0.1, -0.05) is 0 Å². The Morgan fingerprint density at radius 3 is 2.63 bits per heavy atom. The molecule has 104 valence electrons. The minimum absolute atomic E-state index is 0.0521. The molecule has 6 nitrogen and oxygen atoms in total. The van der Waals surface area contributed by atoms with Crippen molar-refractivity contribution in [1.82, 2.24) is 5.32 Å². The van der Waals surface area contributed by atoms with Crippen LogP contribution in [-0.2, 0) is 9.84 Å². The van der Waals surface area contributed by atoms with Crippen molar-refractivity contribution in [2.24, 2.45) is 0 Å². The Hall–Kier alpha value is -1.76. The summed E-state index contributed by atoms with van der Waals surface area (Å²) in [6, 6.07) is 5.32. The van der Waals surface area contributed by atoms with E-state index < -0.39 is 9.84 Å². The van der Waals surface area contributed by atoms with Crippen LogP contribution in [0.2, 0.25) is 0 Å². The van der Waals surface area contributed by atoms with Gasteiger partial charge in [0.15, 0.2) is 0 Å². The Morgan fingerprint density at radius 1 is 1.26 bits per heavy atom. The van der Waals surface area contributed by atoms with Crippen LogP contribution in [0.3, 0.4) is 0 Å². The lowest BCUT2D eigenvalue weighted by molar-refractivity contribution is 0.0956. The van der Waals surface area contributed by atoms with E-state index in [1.165, 1.54) is 0 Å². The largest absolute Gasteiger partial charge is 0.382 e. The van der Waals surface area contributed by atoms with E-state index in [9.17, 15) is 13.2 Å². The highest BCUT2D eigenvalue weighted by molar-refractivity contribution is 7.90. The first kappa shape index (κ1) is 13.7. The van der Waals surface area contributed by atoms with Gasteiger partial charge < -0.3 is 16.0 Å². The van der Waals surface area contributed by atoms with Crippen molar-refractivity contribution in [2.45, 2.75) is 0 Å². The Kier molecular flexibility index (Phi) is 3.94. The third kappa shape index (κ3) is 3.85. The molecule has 1 aliphatic rings. The molecule has 2 rings (SSSR count). The van der Waals surface area contributed by atoms with Gasteiger partial charge >= 0.3 is 0 Å². The molecule has 1 aliphatic heterocycles. The lowest BCUT2D eigenvalue weighted by atomic mass is 10.1. The maximum Gasteiger partial charge on any atom is 0.251 e. The molecule has 19 heavy (non-hydrogen) atoms. The van der Waals surface area contributed by atoms with Gasteiger partial charge in [-0.15, -0.1) is 0 Å². The zero-order chi connectivity index (χ0) is 13.9. The maximum absolute atomic E-state index is 11.9. The van der Waals surface area contributed by atoms with Crippen molar-refractivity contribution in [3.63, 3.8) is 0 Å². The fourth-order valence-electron chi connectivity index (χ4n) is 1.83. The van der Waals surface area contributed by atoms with E-state index in [1.807, 2.05) is 6.07 Å². The lowest BCUT2D eigenvalue weighted by Crippen LogP contribution is -2.29. The molecule has 1 heterocycles. The first-order valence-electron chi connectivity index (χ1n) is 6.03. The summed E-state index contributed by atoms with van der Waals surface area (Å²) < 4.78 is 21.9. The van der Waals surface area contributed by atoms with Gasteiger partial charge in [0.1, 0.15) is 9.84 Å². The Bertz CT molecular complexity index is 584. The number of rotatable bonds is 4. The van der Waals surface area contributed by atoms with Gasteiger partial charge in [0, 0.05) is 31.5 Å². The molecular formula is C12H17N3O3S. The summed E-state index contributed by atoms with van der Waals surface area (Å²) in [5, 5.41) is 9.01. The number of nitrogens with one attached hydrogen (secondary N) is 3. The van der Waals surface area contributed by atoms with Crippen molar-refractivity contribution in [2.75, 3.05) is 42.3 Å². The number of benzene rings is 1. The van der Waals surface area contributed by atoms with Gasteiger partial charge in [0.2, 0.25) is 0 Å². The van der Waals surface area contributed by atoms with Crippen molar-refractivity contribution < 1.29 is 13.2 Å². The predicted octanol–water partition coefficient (Wildman–Crippen LogP) is 0.298. The summed E-state index contributed by atoms with van der Waals surface area (Å²) in [4.78, 5) is 11.9. The zero-order valence-corrected chi connectivity index (χ0v) is 11.5. The highest BCUT2D eigenvalue weighted by Gasteiger charge is 2.12. The van der Waals surface area contributed by atoms with E-state index >= 15 is 0 Å². The summed E-state index contributed by atoms with van der Waals surface area (Å²) in [6.07, 6.45) is 1.15. The number of carbonyl (C=O) groups is 1. The average Bonchev–Trinajstić information content (AvgIpc) is 2.36. The van der Waals surface area contributed by atoms with Gasteiger partial charge in [-0.3, -0.25) is 4.79 Å². The molecule has 0 saturated heterocycles. The smallest absolute Gasteiger partial charge is 0.251 e. The summed E-state index contributed by atoms with van der Waals surface area (Å²) in [5.74, 6) is -0.317. The van der Waals surface area contributed by atoms with Crippen molar-refractivity contribution >= 4 is 27.1 Å². The normalized spacial score (nSPS) is 13.9. The number of amides is 1. The van der Waals surface area contributed by atoms with Gasteiger partial charge in [0.05, 0.1) is 17.1 Å². The van der Waals surface area contributed by atoms with Crippen LogP contribution in [0.25, 0.3) is 0 Å². The van der Waals surface area contributed by atoms with Gasteiger partial charge in [-0.2, -0.15) is 0 Å². The minimum atomic E-state index is -3.05.